The number of anilines is 1. The number of thiophene rings is 1. The molecule has 2 N–H and O–H groups in total. The first-order valence-corrected chi connectivity index (χ1v) is 11.9. The fourth-order valence-corrected chi connectivity index (χ4v) is 4.99. The van der Waals surface area contributed by atoms with E-state index in [1.54, 1.807) is 0 Å². The summed E-state index contributed by atoms with van der Waals surface area (Å²) in [6, 6.07) is 4.04. The van der Waals surface area contributed by atoms with E-state index in [9.17, 15) is 9.59 Å². The molecule has 0 atom stereocenters. The predicted octanol–water partition coefficient (Wildman–Crippen LogP) is 2.39. The van der Waals surface area contributed by atoms with Crippen molar-refractivity contribution in [2.24, 2.45) is 0 Å². The van der Waals surface area contributed by atoms with Crippen LogP contribution in [-0.4, -0.2) is 58.5 Å². The highest BCUT2D eigenvalue weighted by Gasteiger charge is 2.17. The Morgan fingerprint density at radius 2 is 2.00 bits per heavy atom. The number of aromatic amines is 1. The Bertz CT molecular complexity index is 1150. The van der Waals surface area contributed by atoms with Gasteiger partial charge in [0.15, 0.2) is 0 Å². The topological polar surface area (TPSA) is 94.2 Å². The molecule has 0 aromatic carbocycles. The summed E-state index contributed by atoms with van der Waals surface area (Å²) >= 11 is 1.52. The smallest absolute Gasteiger partial charge is 0.259 e. The van der Waals surface area contributed by atoms with Crippen LogP contribution in [-0.2, 0) is 17.8 Å². The molecule has 4 heterocycles. The van der Waals surface area contributed by atoms with Crippen molar-refractivity contribution in [3.63, 3.8) is 0 Å². The SMILES string of the molecule is CCN1CCN(c2ccc(CNC(=O)CCc3nc4sc(C)c(C)c4c(=O)[nH]3)cn2)CC1. The van der Waals surface area contributed by atoms with Crippen LogP contribution in [0.25, 0.3) is 10.2 Å². The molecule has 1 aliphatic heterocycles. The van der Waals surface area contributed by atoms with E-state index in [1.807, 2.05) is 32.2 Å². The average Bonchev–Trinajstić information content (AvgIpc) is 3.10. The lowest BCUT2D eigenvalue weighted by Gasteiger charge is -2.34. The van der Waals surface area contributed by atoms with Crippen molar-refractivity contribution in [1.82, 2.24) is 25.2 Å². The second kappa shape index (κ2) is 9.79. The molecule has 32 heavy (non-hydrogen) atoms. The summed E-state index contributed by atoms with van der Waals surface area (Å²) in [5.74, 6) is 1.46. The highest BCUT2D eigenvalue weighted by Crippen LogP contribution is 2.25. The van der Waals surface area contributed by atoms with Crippen molar-refractivity contribution in [1.29, 1.82) is 0 Å². The van der Waals surface area contributed by atoms with Crippen molar-refractivity contribution in [2.75, 3.05) is 37.6 Å². The van der Waals surface area contributed by atoms with Gasteiger partial charge in [-0.1, -0.05) is 13.0 Å². The Labute approximate surface area is 191 Å². The fraction of sp³-hybridized carbons (Fsp3) is 0.478. The standard InChI is InChI=1S/C23H30N6O2S/c1-4-28-9-11-29(12-10-28)19-7-5-17(13-24-19)14-25-20(30)8-6-18-26-22(31)21-15(2)16(3)32-23(21)27-18/h5,7,13H,4,6,8-12,14H2,1-3H3,(H,25,30)(H,26,27,31). The molecule has 0 aliphatic carbocycles. The molecule has 0 unspecified atom stereocenters. The first kappa shape index (κ1) is 22.4. The number of hydrogen-bond donors (Lipinski definition) is 2. The van der Waals surface area contributed by atoms with E-state index in [0.29, 0.717) is 24.2 Å². The lowest BCUT2D eigenvalue weighted by Crippen LogP contribution is -2.46. The number of piperazine rings is 1. The molecular formula is C23H30N6O2S. The van der Waals surface area contributed by atoms with E-state index in [2.05, 4.69) is 37.0 Å². The Balaban J connectivity index is 1.27. The van der Waals surface area contributed by atoms with Gasteiger partial charge in [-0.2, -0.15) is 0 Å². The average molecular weight is 455 g/mol. The van der Waals surface area contributed by atoms with E-state index in [0.717, 1.165) is 59.4 Å². The summed E-state index contributed by atoms with van der Waals surface area (Å²) < 4.78 is 0. The molecule has 9 heteroatoms. The van der Waals surface area contributed by atoms with Crippen LogP contribution in [0.4, 0.5) is 5.82 Å². The molecule has 0 saturated carbocycles. The summed E-state index contributed by atoms with van der Waals surface area (Å²) in [5, 5.41) is 3.59. The number of fused-ring (bicyclic) bond motifs is 1. The summed E-state index contributed by atoms with van der Waals surface area (Å²) in [7, 11) is 0. The summed E-state index contributed by atoms with van der Waals surface area (Å²) in [5.41, 5.74) is 1.81. The zero-order chi connectivity index (χ0) is 22.7. The van der Waals surface area contributed by atoms with Crippen LogP contribution in [0.15, 0.2) is 23.1 Å². The number of aryl methyl sites for hydroxylation is 3. The predicted molar refractivity (Wildman–Crippen MR) is 128 cm³/mol. The first-order valence-electron chi connectivity index (χ1n) is 11.1. The van der Waals surface area contributed by atoms with E-state index < -0.39 is 0 Å². The number of carbonyl (C=O) groups is 1. The van der Waals surface area contributed by atoms with Crippen LogP contribution in [0.5, 0.6) is 0 Å². The van der Waals surface area contributed by atoms with Gasteiger partial charge in [0, 0.05) is 56.6 Å². The van der Waals surface area contributed by atoms with Crippen LogP contribution in [0.1, 0.15) is 35.2 Å². The molecule has 0 spiro atoms. The molecule has 1 aliphatic rings. The van der Waals surface area contributed by atoms with Gasteiger partial charge in [-0.05, 0) is 37.6 Å². The van der Waals surface area contributed by atoms with E-state index in [1.165, 1.54) is 11.3 Å². The van der Waals surface area contributed by atoms with Crippen LogP contribution < -0.4 is 15.8 Å². The monoisotopic (exact) mass is 454 g/mol. The van der Waals surface area contributed by atoms with Gasteiger partial charge >= 0.3 is 0 Å². The molecule has 3 aromatic rings. The minimum Gasteiger partial charge on any atom is -0.354 e. The van der Waals surface area contributed by atoms with E-state index in [-0.39, 0.29) is 17.9 Å². The number of amides is 1. The minimum absolute atomic E-state index is 0.0777. The summed E-state index contributed by atoms with van der Waals surface area (Å²) in [4.78, 5) is 43.2. The van der Waals surface area contributed by atoms with Gasteiger partial charge in [-0.15, -0.1) is 11.3 Å². The van der Waals surface area contributed by atoms with Crippen molar-refractivity contribution in [2.45, 2.75) is 40.2 Å². The quantitative estimate of drug-likeness (QED) is 0.569. The minimum atomic E-state index is -0.130. The molecule has 0 bridgehead atoms. The Hall–Kier alpha value is -2.78. The highest BCUT2D eigenvalue weighted by molar-refractivity contribution is 7.18. The lowest BCUT2D eigenvalue weighted by atomic mass is 10.2. The molecule has 0 radical (unpaired) electrons. The van der Waals surface area contributed by atoms with Gasteiger partial charge in [0.2, 0.25) is 5.91 Å². The first-order chi connectivity index (χ1) is 15.4. The molecular weight excluding hydrogens is 424 g/mol. The zero-order valence-electron chi connectivity index (χ0n) is 18.9. The van der Waals surface area contributed by atoms with Crippen molar-refractivity contribution in [3.8, 4) is 0 Å². The fourth-order valence-electron chi connectivity index (χ4n) is 3.94. The molecule has 170 valence electrons. The van der Waals surface area contributed by atoms with Gasteiger partial charge in [0.25, 0.3) is 5.56 Å². The van der Waals surface area contributed by atoms with Gasteiger partial charge in [0.05, 0.1) is 5.39 Å². The molecule has 1 saturated heterocycles. The van der Waals surface area contributed by atoms with Gasteiger partial charge in [-0.3, -0.25) is 9.59 Å². The number of hydrogen-bond acceptors (Lipinski definition) is 7. The second-order valence-corrected chi connectivity index (χ2v) is 9.40. The third-order valence-electron chi connectivity index (χ3n) is 6.12. The lowest BCUT2D eigenvalue weighted by molar-refractivity contribution is -0.121. The van der Waals surface area contributed by atoms with Gasteiger partial charge in [-0.25, -0.2) is 9.97 Å². The summed E-state index contributed by atoms with van der Waals surface area (Å²) in [6.07, 6.45) is 2.50. The number of H-pyrrole nitrogens is 1. The molecule has 4 rings (SSSR count). The second-order valence-electron chi connectivity index (χ2n) is 8.20. The van der Waals surface area contributed by atoms with Gasteiger partial charge < -0.3 is 20.1 Å². The van der Waals surface area contributed by atoms with Crippen molar-refractivity contribution in [3.05, 3.63) is 50.5 Å². The van der Waals surface area contributed by atoms with Gasteiger partial charge in [0.1, 0.15) is 16.5 Å². The molecule has 1 amide bonds. The van der Waals surface area contributed by atoms with E-state index >= 15 is 0 Å². The number of carbonyl (C=O) groups excluding carboxylic acids is 1. The molecule has 8 nitrogen and oxygen atoms in total. The summed E-state index contributed by atoms with van der Waals surface area (Å²) in [6.45, 7) is 11.7. The maximum Gasteiger partial charge on any atom is 0.259 e. The van der Waals surface area contributed by atoms with E-state index in [4.69, 9.17) is 0 Å². The number of nitrogens with one attached hydrogen (secondary N) is 2. The number of aromatic nitrogens is 3. The van der Waals surface area contributed by atoms with Crippen LogP contribution in [0, 0.1) is 13.8 Å². The molecule has 1 fully saturated rings. The third-order valence-corrected chi connectivity index (χ3v) is 7.22. The van der Waals surface area contributed by atoms with Crippen molar-refractivity contribution >= 4 is 33.3 Å². The number of pyridine rings is 1. The van der Waals surface area contributed by atoms with Crippen LogP contribution >= 0.6 is 11.3 Å². The normalized spacial score (nSPS) is 14.8. The maximum atomic E-state index is 12.4. The number of nitrogens with zero attached hydrogens (tertiary/aromatic N) is 4. The van der Waals surface area contributed by atoms with Crippen molar-refractivity contribution < 1.29 is 4.79 Å². The number of likely N-dealkylation sites (N-methyl/N-ethyl adjacent to an activating group) is 1. The molecule has 3 aromatic heterocycles. The number of rotatable bonds is 7. The highest BCUT2D eigenvalue weighted by atomic mass is 32.1. The largest absolute Gasteiger partial charge is 0.354 e. The van der Waals surface area contributed by atoms with Crippen LogP contribution in [0.3, 0.4) is 0 Å². The third kappa shape index (κ3) is 4.99. The zero-order valence-corrected chi connectivity index (χ0v) is 19.7. The Morgan fingerprint density at radius 1 is 1.22 bits per heavy atom. The Kier molecular flexibility index (Phi) is 6.86. The Morgan fingerprint density at radius 3 is 2.69 bits per heavy atom. The maximum absolute atomic E-state index is 12.4. The van der Waals surface area contributed by atoms with Crippen LogP contribution in [0.2, 0.25) is 0 Å².